The van der Waals surface area contributed by atoms with E-state index in [2.05, 4.69) is 10.6 Å². The van der Waals surface area contributed by atoms with Crippen molar-refractivity contribution in [2.75, 3.05) is 6.54 Å². The Kier molecular flexibility index (Phi) is 11.4. The summed E-state index contributed by atoms with van der Waals surface area (Å²) < 4.78 is 0. The Hall–Kier alpha value is -1.97. The van der Waals surface area contributed by atoms with E-state index in [9.17, 15) is 24.3 Å². The van der Waals surface area contributed by atoms with E-state index in [1.807, 2.05) is 20.8 Å². The molecule has 0 aromatic rings. The number of nitrogens with zero attached hydrogens (tertiary/aromatic N) is 1. The number of likely N-dealkylation sites (tertiary alicyclic amines) is 1. The lowest BCUT2D eigenvalue weighted by Gasteiger charge is -2.31. The van der Waals surface area contributed by atoms with E-state index >= 15 is 0 Å². The standard InChI is InChI=1S/C26H42N4O5.ClH/c1-4-6-21(23(32)25(34)28-17-9-10-17)29-24(33)22-19-8-5-7-16(19)14-30(22)26(35)20(27)12-11-18(31)13-15(2)3;/h13,16-17,19-23,32H,4-12,14,27H2,1-3H3,(H,28,34)(H,29,33);1H/t16-,19-,20-,21-,22-,23?;/m0./s1. The second kappa shape index (κ2) is 13.5. The van der Waals surface area contributed by atoms with Crippen LogP contribution in [0.5, 0.6) is 0 Å². The van der Waals surface area contributed by atoms with Crippen LogP contribution in [-0.4, -0.2) is 70.3 Å². The second-order valence-corrected chi connectivity index (χ2v) is 10.8. The lowest BCUT2D eigenvalue weighted by molar-refractivity contribution is -0.142. The molecule has 0 spiro atoms. The molecule has 9 nitrogen and oxygen atoms in total. The van der Waals surface area contributed by atoms with E-state index < -0.39 is 30.1 Å². The van der Waals surface area contributed by atoms with Crippen molar-refractivity contribution in [1.82, 2.24) is 15.5 Å². The molecule has 0 bridgehead atoms. The SMILES string of the molecule is CCC[C@H](NC(=O)[C@@H]1[C@H]2CCC[C@H]2CN1C(=O)[C@@H](N)CCC(=O)C=C(C)C)C(O)C(=O)NC1CC1.Cl. The summed E-state index contributed by atoms with van der Waals surface area (Å²) in [5, 5.41) is 16.3. The van der Waals surface area contributed by atoms with E-state index in [0.717, 1.165) is 37.7 Å². The first-order valence-corrected chi connectivity index (χ1v) is 13.1. The highest BCUT2D eigenvalue weighted by Crippen LogP contribution is 2.42. The normalized spacial score (nSPS) is 25.1. The van der Waals surface area contributed by atoms with Crippen LogP contribution in [0.3, 0.4) is 0 Å². The van der Waals surface area contributed by atoms with Gasteiger partial charge in [0.15, 0.2) is 11.9 Å². The Morgan fingerprint density at radius 3 is 2.42 bits per heavy atom. The van der Waals surface area contributed by atoms with E-state index in [-0.39, 0.29) is 60.7 Å². The number of aliphatic hydroxyl groups excluding tert-OH is 1. The largest absolute Gasteiger partial charge is 0.381 e. The zero-order valence-electron chi connectivity index (χ0n) is 21.7. The quantitative estimate of drug-likeness (QED) is 0.284. The first-order chi connectivity index (χ1) is 16.6. The summed E-state index contributed by atoms with van der Waals surface area (Å²) in [6.45, 7) is 6.08. The third kappa shape index (κ3) is 7.76. The fourth-order valence-corrected chi connectivity index (χ4v) is 5.48. The average molecular weight is 527 g/mol. The summed E-state index contributed by atoms with van der Waals surface area (Å²) in [6, 6.07) is -2.14. The molecule has 3 fully saturated rings. The van der Waals surface area contributed by atoms with Crippen LogP contribution in [0.2, 0.25) is 0 Å². The molecule has 3 aliphatic rings. The van der Waals surface area contributed by atoms with Gasteiger partial charge in [-0.15, -0.1) is 12.4 Å². The van der Waals surface area contributed by atoms with Crippen molar-refractivity contribution in [2.24, 2.45) is 17.6 Å². The monoisotopic (exact) mass is 526 g/mol. The van der Waals surface area contributed by atoms with Gasteiger partial charge in [0.1, 0.15) is 6.04 Å². The van der Waals surface area contributed by atoms with Gasteiger partial charge in [0.25, 0.3) is 5.91 Å². The number of carbonyl (C=O) groups excluding carboxylic acids is 4. The number of rotatable bonds is 12. The van der Waals surface area contributed by atoms with Crippen LogP contribution in [0.1, 0.15) is 78.6 Å². The topological polar surface area (TPSA) is 142 Å². The average Bonchev–Trinajstić information content (AvgIpc) is 3.36. The Morgan fingerprint density at radius 2 is 1.81 bits per heavy atom. The number of nitrogens with one attached hydrogen (secondary N) is 2. The molecule has 3 rings (SSSR count). The van der Waals surface area contributed by atoms with Crippen molar-refractivity contribution in [2.45, 2.75) is 109 Å². The molecular weight excluding hydrogens is 484 g/mol. The minimum absolute atomic E-state index is 0. The van der Waals surface area contributed by atoms with E-state index in [0.29, 0.717) is 19.4 Å². The molecule has 2 saturated carbocycles. The van der Waals surface area contributed by atoms with Gasteiger partial charge < -0.3 is 26.4 Å². The minimum atomic E-state index is -1.34. The van der Waals surface area contributed by atoms with Gasteiger partial charge in [-0.05, 0) is 70.3 Å². The summed E-state index contributed by atoms with van der Waals surface area (Å²) in [5.41, 5.74) is 7.09. The van der Waals surface area contributed by atoms with Gasteiger partial charge in [0, 0.05) is 19.0 Å². The van der Waals surface area contributed by atoms with Gasteiger partial charge in [-0.1, -0.05) is 25.3 Å². The number of aliphatic hydroxyl groups is 1. The van der Waals surface area contributed by atoms with Crippen molar-refractivity contribution in [3.8, 4) is 0 Å². The van der Waals surface area contributed by atoms with Gasteiger partial charge in [-0.2, -0.15) is 0 Å². The van der Waals surface area contributed by atoms with Crippen molar-refractivity contribution >= 4 is 35.9 Å². The summed E-state index contributed by atoms with van der Waals surface area (Å²) in [7, 11) is 0. The lowest BCUT2D eigenvalue weighted by Crippen LogP contribution is -2.57. The fourth-order valence-electron chi connectivity index (χ4n) is 5.48. The number of nitrogens with two attached hydrogens (primary N) is 1. The van der Waals surface area contributed by atoms with Crippen LogP contribution in [0.15, 0.2) is 11.6 Å². The van der Waals surface area contributed by atoms with Gasteiger partial charge in [-0.3, -0.25) is 19.2 Å². The zero-order chi connectivity index (χ0) is 25.7. The third-order valence-corrected chi connectivity index (χ3v) is 7.41. The molecule has 0 radical (unpaired) electrons. The molecule has 6 atom stereocenters. The number of ketones is 1. The van der Waals surface area contributed by atoms with Crippen molar-refractivity contribution < 1.29 is 24.3 Å². The van der Waals surface area contributed by atoms with Gasteiger partial charge in [-0.25, -0.2) is 0 Å². The number of hydrogen-bond donors (Lipinski definition) is 4. The number of amides is 3. The highest BCUT2D eigenvalue weighted by atomic mass is 35.5. The van der Waals surface area contributed by atoms with Crippen LogP contribution >= 0.6 is 12.4 Å². The molecule has 3 amide bonds. The molecule has 1 saturated heterocycles. The number of carbonyl (C=O) groups is 4. The highest BCUT2D eigenvalue weighted by molar-refractivity contribution is 5.93. The summed E-state index contributed by atoms with van der Waals surface area (Å²) in [5.74, 6) is -0.907. The maximum atomic E-state index is 13.5. The summed E-state index contributed by atoms with van der Waals surface area (Å²) in [4.78, 5) is 52.8. The lowest BCUT2D eigenvalue weighted by atomic mass is 9.92. The summed E-state index contributed by atoms with van der Waals surface area (Å²) in [6.07, 6.45) is 6.37. The molecule has 5 N–H and O–H groups in total. The maximum absolute atomic E-state index is 13.5. The van der Waals surface area contributed by atoms with Crippen molar-refractivity contribution in [3.63, 3.8) is 0 Å². The second-order valence-electron chi connectivity index (χ2n) is 10.8. The number of halogens is 1. The molecule has 1 heterocycles. The van der Waals surface area contributed by atoms with Crippen molar-refractivity contribution in [1.29, 1.82) is 0 Å². The Balaban J connectivity index is 0.00000456. The van der Waals surface area contributed by atoms with E-state index in [1.54, 1.807) is 11.0 Å². The fraction of sp³-hybridized carbons (Fsp3) is 0.769. The van der Waals surface area contributed by atoms with Crippen LogP contribution in [0.4, 0.5) is 0 Å². The summed E-state index contributed by atoms with van der Waals surface area (Å²) >= 11 is 0. The van der Waals surface area contributed by atoms with Crippen LogP contribution in [0, 0.1) is 11.8 Å². The Morgan fingerprint density at radius 1 is 1.11 bits per heavy atom. The smallest absolute Gasteiger partial charge is 0.251 e. The molecule has 10 heteroatoms. The first-order valence-electron chi connectivity index (χ1n) is 13.1. The zero-order valence-corrected chi connectivity index (χ0v) is 22.5. The molecule has 1 unspecified atom stereocenters. The highest BCUT2D eigenvalue weighted by Gasteiger charge is 2.50. The van der Waals surface area contributed by atoms with Crippen LogP contribution < -0.4 is 16.4 Å². The predicted molar refractivity (Wildman–Crippen MR) is 139 cm³/mol. The third-order valence-electron chi connectivity index (χ3n) is 7.41. The molecule has 0 aromatic carbocycles. The Labute approximate surface area is 220 Å². The van der Waals surface area contributed by atoms with E-state index in [1.165, 1.54) is 0 Å². The first kappa shape index (κ1) is 30.3. The Bertz CT molecular complexity index is 842. The maximum Gasteiger partial charge on any atom is 0.251 e. The molecule has 1 aliphatic heterocycles. The molecule has 0 aromatic heterocycles. The van der Waals surface area contributed by atoms with E-state index in [4.69, 9.17) is 5.73 Å². The van der Waals surface area contributed by atoms with Gasteiger partial charge in [0.2, 0.25) is 11.8 Å². The van der Waals surface area contributed by atoms with Crippen LogP contribution in [-0.2, 0) is 19.2 Å². The van der Waals surface area contributed by atoms with Crippen LogP contribution in [0.25, 0.3) is 0 Å². The number of hydrogen-bond acceptors (Lipinski definition) is 6. The molecular formula is C26H43ClN4O5. The van der Waals surface area contributed by atoms with Gasteiger partial charge >= 0.3 is 0 Å². The predicted octanol–water partition coefficient (Wildman–Crippen LogP) is 1.60. The minimum Gasteiger partial charge on any atom is -0.381 e. The number of fused-ring (bicyclic) bond motifs is 1. The molecule has 36 heavy (non-hydrogen) atoms. The van der Waals surface area contributed by atoms with Crippen molar-refractivity contribution in [3.05, 3.63) is 11.6 Å². The number of allylic oxidation sites excluding steroid dienone is 2. The molecule has 2 aliphatic carbocycles. The van der Waals surface area contributed by atoms with Gasteiger partial charge in [0.05, 0.1) is 12.1 Å². The molecule has 204 valence electrons.